The van der Waals surface area contributed by atoms with Crippen LogP contribution < -0.4 is 0 Å². The van der Waals surface area contributed by atoms with Crippen molar-refractivity contribution >= 4 is 17.9 Å². The summed E-state index contributed by atoms with van der Waals surface area (Å²) >= 11 is 0. The molecule has 0 aromatic carbocycles. The SMILES string of the molecule is CC(=O)O[C@H]1CC[C@@H](OC(C)=O)[C@@H](OC(C)=O)C1. The fraction of sp³-hybridized carbons (Fsp3) is 0.750. The highest BCUT2D eigenvalue weighted by molar-refractivity contribution is 5.67. The van der Waals surface area contributed by atoms with Gasteiger partial charge in [0.15, 0.2) is 0 Å². The molecule has 1 rings (SSSR count). The van der Waals surface area contributed by atoms with Crippen molar-refractivity contribution in [1.82, 2.24) is 0 Å². The molecular formula is C12H18O6. The second-order valence-corrected chi connectivity index (χ2v) is 4.34. The molecule has 0 amide bonds. The Morgan fingerprint density at radius 3 is 1.78 bits per heavy atom. The molecule has 0 radical (unpaired) electrons. The Bertz CT molecular complexity index is 337. The lowest BCUT2D eigenvalue weighted by atomic mass is 9.92. The lowest BCUT2D eigenvalue weighted by molar-refractivity contribution is -0.177. The van der Waals surface area contributed by atoms with E-state index in [0.717, 1.165) is 0 Å². The molecule has 1 aliphatic carbocycles. The van der Waals surface area contributed by atoms with Gasteiger partial charge in [0.25, 0.3) is 0 Å². The van der Waals surface area contributed by atoms with E-state index in [1.54, 1.807) is 0 Å². The Kier molecular flexibility index (Phi) is 5.12. The maximum absolute atomic E-state index is 11.0. The van der Waals surface area contributed by atoms with Crippen LogP contribution in [0.15, 0.2) is 0 Å². The fourth-order valence-electron chi connectivity index (χ4n) is 2.09. The minimum absolute atomic E-state index is 0.293. The van der Waals surface area contributed by atoms with Gasteiger partial charge >= 0.3 is 17.9 Å². The van der Waals surface area contributed by atoms with Crippen LogP contribution in [0, 0.1) is 0 Å². The molecule has 102 valence electrons. The largest absolute Gasteiger partial charge is 0.462 e. The molecule has 0 unspecified atom stereocenters. The number of ether oxygens (including phenoxy) is 3. The summed E-state index contributed by atoms with van der Waals surface area (Å²) in [6.45, 7) is 3.93. The zero-order chi connectivity index (χ0) is 13.7. The van der Waals surface area contributed by atoms with E-state index < -0.39 is 24.1 Å². The zero-order valence-electron chi connectivity index (χ0n) is 10.8. The van der Waals surface area contributed by atoms with E-state index in [-0.39, 0.29) is 12.1 Å². The molecule has 1 aliphatic rings. The monoisotopic (exact) mass is 258 g/mol. The van der Waals surface area contributed by atoms with E-state index in [0.29, 0.717) is 19.3 Å². The summed E-state index contributed by atoms with van der Waals surface area (Å²) in [5, 5.41) is 0. The molecule has 0 spiro atoms. The summed E-state index contributed by atoms with van der Waals surface area (Å²) in [6.07, 6.45) is 0.156. The molecular weight excluding hydrogens is 240 g/mol. The van der Waals surface area contributed by atoms with Gasteiger partial charge in [-0.05, 0) is 12.8 Å². The molecule has 0 heterocycles. The predicted molar refractivity (Wildman–Crippen MR) is 60.5 cm³/mol. The van der Waals surface area contributed by atoms with Crippen molar-refractivity contribution in [2.75, 3.05) is 0 Å². The Morgan fingerprint density at radius 1 is 0.778 bits per heavy atom. The zero-order valence-corrected chi connectivity index (χ0v) is 10.8. The van der Waals surface area contributed by atoms with Gasteiger partial charge in [-0.1, -0.05) is 0 Å². The fourth-order valence-corrected chi connectivity index (χ4v) is 2.09. The lowest BCUT2D eigenvalue weighted by Gasteiger charge is -2.34. The Labute approximate surface area is 106 Å². The van der Waals surface area contributed by atoms with Crippen molar-refractivity contribution in [2.45, 2.75) is 58.3 Å². The Hall–Kier alpha value is -1.59. The van der Waals surface area contributed by atoms with Crippen LogP contribution in [-0.4, -0.2) is 36.2 Å². The molecule has 0 aromatic heterocycles. The van der Waals surface area contributed by atoms with Crippen molar-refractivity contribution in [3.05, 3.63) is 0 Å². The maximum Gasteiger partial charge on any atom is 0.303 e. The van der Waals surface area contributed by atoms with Crippen LogP contribution in [0.4, 0.5) is 0 Å². The van der Waals surface area contributed by atoms with E-state index in [2.05, 4.69) is 0 Å². The Morgan fingerprint density at radius 2 is 1.28 bits per heavy atom. The molecule has 18 heavy (non-hydrogen) atoms. The van der Waals surface area contributed by atoms with Gasteiger partial charge in [0.1, 0.15) is 18.3 Å². The van der Waals surface area contributed by atoms with Gasteiger partial charge in [0, 0.05) is 27.2 Å². The first-order valence-electron chi connectivity index (χ1n) is 5.90. The van der Waals surface area contributed by atoms with Gasteiger partial charge in [-0.3, -0.25) is 14.4 Å². The predicted octanol–water partition coefficient (Wildman–Crippen LogP) is 0.965. The van der Waals surface area contributed by atoms with Gasteiger partial charge in [-0.15, -0.1) is 0 Å². The van der Waals surface area contributed by atoms with E-state index in [1.807, 2.05) is 0 Å². The number of carbonyl (C=O) groups is 3. The smallest absolute Gasteiger partial charge is 0.303 e. The minimum Gasteiger partial charge on any atom is -0.462 e. The van der Waals surface area contributed by atoms with Gasteiger partial charge in [-0.25, -0.2) is 0 Å². The molecule has 0 bridgehead atoms. The van der Waals surface area contributed by atoms with Crippen molar-refractivity contribution in [3.8, 4) is 0 Å². The molecule has 3 atom stereocenters. The first-order valence-corrected chi connectivity index (χ1v) is 5.90. The lowest BCUT2D eigenvalue weighted by Crippen LogP contribution is -2.42. The first kappa shape index (κ1) is 14.5. The summed E-state index contributed by atoms with van der Waals surface area (Å²) in [5.74, 6) is -1.23. The van der Waals surface area contributed by atoms with Crippen LogP contribution in [0.3, 0.4) is 0 Å². The minimum atomic E-state index is -0.551. The van der Waals surface area contributed by atoms with Crippen LogP contribution >= 0.6 is 0 Å². The maximum atomic E-state index is 11.0. The van der Waals surface area contributed by atoms with Crippen molar-refractivity contribution in [2.24, 2.45) is 0 Å². The quantitative estimate of drug-likeness (QED) is 0.554. The molecule has 6 heteroatoms. The van der Waals surface area contributed by atoms with E-state index in [4.69, 9.17) is 14.2 Å². The van der Waals surface area contributed by atoms with Crippen LogP contribution in [0.25, 0.3) is 0 Å². The first-order chi connectivity index (χ1) is 8.38. The third kappa shape index (κ3) is 4.73. The molecule has 1 saturated carbocycles. The van der Waals surface area contributed by atoms with E-state index in [9.17, 15) is 14.4 Å². The third-order valence-electron chi connectivity index (χ3n) is 2.65. The summed E-state index contributed by atoms with van der Waals surface area (Å²) in [7, 11) is 0. The van der Waals surface area contributed by atoms with Crippen molar-refractivity contribution in [1.29, 1.82) is 0 Å². The number of carbonyl (C=O) groups excluding carboxylic acids is 3. The van der Waals surface area contributed by atoms with Crippen LogP contribution in [0.1, 0.15) is 40.0 Å². The number of hydrogen-bond acceptors (Lipinski definition) is 6. The second kappa shape index (κ2) is 6.37. The average Bonchev–Trinajstić information content (AvgIpc) is 2.19. The standard InChI is InChI=1S/C12H18O6/c1-7(13)16-10-4-5-11(17-8(2)14)12(6-10)18-9(3)15/h10-12H,4-6H2,1-3H3/t10-,11+,12-/m0/s1. The highest BCUT2D eigenvalue weighted by Crippen LogP contribution is 2.26. The van der Waals surface area contributed by atoms with Crippen LogP contribution in [0.5, 0.6) is 0 Å². The summed E-state index contributed by atoms with van der Waals surface area (Å²) in [5.41, 5.74) is 0. The summed E-state index contributed by atoms with van der Waals surface area (Å²) < 4.78 is 15.3. The van der Waals surface area contributed by atoms with Gasteiger partial charge in [-0.2, -0.15) is 0 Å². The molecule has 0 N–H and O–H groups in total. The average molecular weight is 258 g/mol. The third-order valence-corrected chi connectivity index (χ3v) is 2.65. The number of hydrogen-bond donors (Lipinski definition) is 0. The highest BCUT2D eigenvalue weighted by Gasteiger charge is 2.36. The molecule has 1 fully saturated rings. The van der Waals surface area contributed by atoms with Gasteiger partial charge < -0.3 is 14.2 Å². The molecule has 6 nitrogen and oxygen atoms in total. The van der Waals surface area contributed by atoms with E-state index in [1.165, 1.54) is 20.8 Å². The van der Waals surface area contributed by atoms with Crippen molar-refractivity contribution in [3.63, 3.8) is 0 Å². The van der Waals surface area contributed by atoms with Crippen LogP contribution in [-0.2, 0) is 28.6 Å². The highest BCUT2D eigenvalue weighted by atomic mass is 16.6. The van der Waals surface area contributed by atoms with Crippen molar-refractivity contribution < 1.29 is 28.6 Å². The van der Waals surface area contributed by atoms with Gasteiger partial charge in [0.2, 0.25) is 0 Å². The molecule has 0 aromatic rings. The molecule has 0 aliphatic heterocycles. The van der Waals surface area contributed by atoms with Crippen LogP contribution in [0.2, 0.25) is 0 Å². The van der Waals surface area contributed by atoms with Gasteiger partial charge in [0.05, 0.1) is 0 Å². The summed E-state index contributed by atoms with van der Waals surface area (Å²) in [6, 6.07) is 0. The summed E-state index contributed by atoms with van der Waals surface area (Å²) in [4.78, 5) is 32.8. The number of rotatable bonds is 3. The molecule has 0 saturated heterocycles. The normalized spacial score (nSPS) is 27.2. The van der Waals surface area contributed by atoms with E-state index >= 15 is 0 Å². The topological polar surface area (TPSA) is 78.9 Å². The Balaban J connectivity index is 2.62. The second-order valence-electron chi connectivity index (χ2n) is 4.34. The number of esters is 3.